The molecule has 0 fully saturated rings. The van der Waals surface area contributed by atoms with Gasteiger partial charge in [0.25, 0.3) is 5.56 Å². The van der Waals surface area contributed by atoms with E-state index >= 15 is 0 Å². The molecule has 0 saturated carbocycles. The fourth-order valence-corrected chi connectivity index (χ4v) is 2.52. The lowest BCUT2D eigenvalue weighted by atomic mass is 10.1. The zero-order valence-electron chi connectivity index (χ0n) is 12.1. The van der Waals surface area contributed by atoms with Crippen molar-refractivity contribution >= 4 is 29.3 Å². The van der Waals surface area contributed by atoms with Gasteiger partial charge >= 0.3 is 0 Å². The van der Waals surface area contributed by atoms with Crippen LogP contribution in [0.1, 0.15) is 17.7 Å². The van der Waals surface area contributed by atoms with Crippen molar-refractivity contribution in [1.29, 1.82) is 0 Å². The number of thioether (sulfide) groups is 1. The fourth-order valence-electron chi connectivity index (χ4n) is 1.90. The first-order chi connectivity index (χ1) is 10.6. The van der Waals surface area contributed by atoms with Crippen LogP contribution in [0.5, 0.6) is 0 Å². The number of nitrogens with zero attached hydrogens (tertiary/aromatic N) is 1. The summed E-state index contributed by atoms with van der Waals surface area (Å²) in [6.45, 7) is 0.242. The lowest BCUT2D eigenvalue weighted by molar-refractivity contribution is -0.121. The second kappa shape index (κ2) is 8.00. The standard InChI is InChI=1S/C15H16ClN3O2S/c1-22-15-18-12(8-14(21)19-15)9-17-13(20)6-5-10-3-2-4-11(16)7-10/h2-4,7-8H,5-6,9H2,1H3,(H,17,20)(H,18,19,21). The monoisotopic (exact) mass is 337 g/mol. The summed E-state index contributed by atoms with van der Waals surface area (Å²) in [4.78, 5) is 30.1. The molecular weight excluding hydrogens is 322 g/mol. The van der Waals surface area contributed by atoms with Gasteiger partial charge in [-0.15, -0.1) is 0 Å². The molecule has 0 spiro atoms. The van der Waals surface area contributed by atoms with E-state index in [0.29, 0.717) is 28.7 Å². The van der Waals surface area contributed by atoms with E-state index in [2.05, 4.69) is 15.3 Å². The van der Waals surface area contributed by atoms with Crippen LogP contribution in [-0.2, 0) is 17.8 Å². The lowest BCUT2D eigenvalue weighted by Crippen LogP contribution is -2.24. The van der Waals surface area contributed by atoms with Crippen molar-refractivity contribution in [3.05, 3.63) is 57.0 Å². The third kappa shape index (κ3) is 5.20. The summed E-state index contributed by atoms with van der Waals surface area (Å²) in [5.41, 5.74) is 1.34. The van der Waals surface area contributed by atoms with Crippen molar-refractivity contribution < 1.29 is 4.79 Å². The SMILES string of the molecule is CSc1nc(CNC(=O)CCc2cccc(Cl)c2)cc(=O)[nH]1. The molecule has 0 aliphatic heterocycles. The Hall–Kier alpha value is -1.79. The molecule has 0 atom stereocenters. The summed E-state index contributed by atoms with van der Waals surface area (Å²) in [6, 6.07) is 8.82. The number of benzene rings is 1. The summed E-state index contributed by atoms with van der Waals surface area (Å²) >= 11 is 7.25. The maximum absolute atomic E-state index is 11.9. The number of aryl methyl sites for hydroxylation is 1. The van der Waals surface area contributed by atoms with Crippen LogP contribution in [0.4, 0.5) is 0 Å². The van der Waals surface area contributed by atoms with Crippen molar-refractivity contribution in [3.8, 4) is 0 Å². The summed E-state index contributed by atoms with van der Waals surface area (Å²) in [7, 11) is 0. The van der Waals surface area contributed by atoms with E-state index in [4.69, 9.17) is 11.6 Å². The van der Waals surface area contributed by atoms with E-state index in [-0.39, 0.29) is 18.0 Å². The van der Waals surface area contributed by atoms with Gasteiger partial charge in [0, 0.05) is 17.5 Å². The molecule has 2 aromatic rings. The molecule has 116 valence electrons. The maximum atomic E-state index is 11.9. The largest absolute Gasteiger partial charge is 0.350 e. The molecule has 0 aliphatic carbocycles. The number of hydrogen-bond acceptors (Lipinski definition) is 4. The van der Waals surface area contributed by atoms with Crippen LogP contribution in [0.25, 0.3) is 0 Å². The van der Waals surface area contributed by atoms with Gasteiger partial charge in [0.15, 0.2) is 5.16 Å². The molecule has 2 rings (SSSR count). The van der Waals surface area contributed by atoms with E-state index in [0.717, 1.165) is 5.56 Å². The van der Waals surface area contributed by atoms with Gasteiger partial charge in [-0.25, -0.2) is 4.98 Å². The average molecular weight is 338 g/mol. The van der Waals surface area contributed by atoms with Crippen molar-refractivity contribution in [1.82, 2.24) is 15.3 Å². The molecule has 5 nitrogen and oxygen atoms in total. The number of hydrogen-bond donors (Lipinski definition) is 2. The number of nitrogens with one attached hydrogen (secondary N) is 2. The second-order valence-electron chi connectivity index (χ2n) is 4.65. The Kier molecular flexibility index (Phi) is 6.03. The van der Waals surface area contributed by atoms with E-state index < -0.39 is 0 Å². The van der Waals surface area contributed by atoms with Gasteiger partial charge in [-0.3, -0.25) is 9.59 Å². The number of aromatic amines is 1. The topological polar surface area (TPSA) is 74.8 Å². The van der Waals surface area contributed by atoms with Crippen molar-refractivity contribution in [2.75, 3.05) is 6.26 Å². The Bertz CT molecular complexity index is 718. The van der Waals surface area contributed by atoms with Gasteiger partial charge in [-0.2, -0.15) is 0 Å². The summed E-state index contributed by atoms with van der Waals surface area (Å²) < 4.78 is 0. The van der Waals surface area contributed by atoms with Gasteiger partial charge in [0.2, 0.25) is 5.91 Å². The molecule has 22 heavy (non-hydrogen) atoms. The first-order valence-corrected chi connectivity index (χ1v) is 8.32. The van der Waals surface area contributed by atoms with E-state index in [1.165, 1.54) is 17.8 Å². The van der Waals surface area contributed by atoms with E-state index in [1.807, 2.05) is 24.5 Å². The van der Waals surface area contributed by atoms with Crippen LogP contribution < -0.4 is 10.9 Å². The molecular formula is C15H16ClN3O2S. The number of H-pyrrole nitrogens is 1. The predicted octanol–water partition coefficient (Wildman–Crippen LogP) is 2.39. The van der Waals surface area contributed by atoms with Crippen LogP contribution >= 0.6 is 23.4 Å². The minimum absolute atomic E-state index is 0.0900. The van der Waals surface area contributed by atoms with Crippen LogP contribution in [0.15, 0.2) is 40.3 Å². The molecule has 0 aliphatic rings. The summed E-state index contributed by atoms with van der Waals surface area (Å²) in [5.74, 6) is -0.0900. The first-order valence-electron chi connectivity index (χ1n) is 6.72. The first kappa shape index (κ1) is 16.6. The maximum Gasteiger partial charge on any atom is 0.251 e. The van der Waals surface area contributed by atoms with E-state index in [1.54, 1.807) is 6.07 Å². The van der Waals surface area contributed by atoms with Crippen molar-refractivity contribution in [2.24, 2.45) is 0 Å². The fraction of sp³-hybridized carbons (Fsp3) is 0.267. The number of carbonyl (C=O) groups excluding carboxylic acids is 1. The highest BCUT2D eigenvalue weighted by Gasteiger charge is 2.05. The second-order valence-corrected chi connectivity index (χ2v) is 5.88. The van der Waals surface area contributed by atoms with E-state index in [9.17, 15) is 9.59 Å². The molecule has 0 radical (unpaired) electrons. The van der Waals surface area contributed by atoms with Crippen molar-refractivity contribution in [2.45, 2.75) is 24.5 Å². The van der Waals surface area contributed by atoms with Crippen LogP contribution in [0, 0.1) is 0 Å². The Labute approximate surface area is 137 Å². The van der Waals surface area contributed by atoms with Gasteiger partial charge in [-0.1, -0.05) is 35.5 Å². The molecule has 1 aromatic heterocycles. The summed E-state index contributed by atoms with van der Waals surface area (Å²) in [6.07, 6.45) is 2.80. The molecule has 1 amide bonds. The number of carbonyl (C=O) groups is 1. The zero-order chi connectivity index (χ0) is 15.9. The molecule has 1 aromatic carbocycles. The number of aromatic nitrogens is 2. The van der Waals surface area contributed by atoms with Crippen molar-refractivity contribution in [3.63, 3.8) is 0 Å². The van der Waals surface area contributed by atoms with Gasteiger partial charge in [0.05, 0.1) is 12.2 Å². The lowest BCUT2D eigenvalue weighted by Gasteiger charge is -2.06. The highest BCUT2D eigenvalue weighted by molar-refractivity contribution is 7.98. The minimum Gasteiger partial charge on any atom is -0.350 e. The molecule has 0 saturated heterocycles. The van der Waals surface area contributed by atoms with Gasteiger partial charge < -0.3 is 10.3 Å². The van der Waals surface area contributed by atoms with Gasteiger partial charge in [0.1, 0.15) is 0 Å². The smallest absolute Gasteiger partial charge is 0.251 e. The highest BCUT2D eigenvalue weighted by atomic mass is 35.5. The molecule has 7 heteroatoms. The number of halogens is 1. The molecule has 1 heterocycles. The van der Waals surface area contributed by atoms with Gasteiger partial charge in [-0.05, 0) is 30.4 Å². The number of rotatable bonds is 6. The third-order valence-corrected chi connectivity index (χ3v) is 3.78. The Morgan fingerprint density at radius 1 is 1.41 bits per heavy atom. The predicted molar refractivity (Wildman–Crippen MR) is 88.3 cm³/mol. The number of amides is 1. The normalized spacial score (nSPS) is 10.5. The minimum atomic E-state index is -0.220. The van der Waals surface area contributed by atoms with Crippen LogP contribution in [0.3, 0.4) is 0 Å². The molecule has 0 bridgehead atoms. The summed E-state index contributed by atoms with van der Waals surface area (Å²) in [5, 5.41) is 3.97. The quantitative estimate of drug-likeness (QED) is 0.627. The molecule has 2 N–H and O–H groups in total. The van der Waals surface area contributed by atoms with Crippen LogP contribution in [-0.4, -0.2) is 22.1 Å². The Morgan fingerprint density at radius 2 is 2.23 bits per heavy atom. The highest BCUT2D eigenvalue weighted by Crippen LogP contribution is 2.12. The zero-order valence-corrected chi connectivity index (χ0v) is 13.6. The van der Waals surface area contributed by atoms with Crippen LogP contribution in [0.2, 0.25) is 5.02 Å². The molecule has 0 unspecified atom stereocenters. The Balaban J connectivity index is 1.85. The average Bonchev–Trinajstić information content (AvgIpc) is 2.50. The Morgan fingerprint density at radius 3 is 2.95 bits per heavy atom. The third-order valence-electron chi connectivity index (χ3n) is 2.96.